The van der Waals surface area contributed by atoms with E-state index in [9.17, 15) is 15.0 Å². The number of carbonyl (C=O) groups excluding carboxylic acids is 1. The molecule has 27 heavy (non-hydrogen) atoms. The highest BCUT2D eigenvalue weighted by atomic mass is 16.5. The highest BCUT2D eigenvalue weighted by Gasteiger charge is 2.46. The minimum Gasteiger partial charge on any atom is -0.493 e. The molecule has 1 saturated carbocycles. The van der Waals surface area contributed by atoms with Gasteiger partial charge in [0, 0.05) is 23.6 Å². The molecule has 4 rings (SSSR count). The van der Waals surface area contributed by atoms with E-state index in [1.807, 2.05) is 0 Å². The predicted molar refractivity (Wildman–Crippen MR) is 100 cm³/mol. The topological polar surface area (TPSA) is 79.2 Å². The molecule has 3 atom stereocenters. The maximum Gasteiger partial charge on any atom is 0.261 e. The summed E-state index contributed by atoms with van der Waals surface area (Å²) < 4.78 is 11.4. The average Bonchev–Trinajstić information content (AvgIpc) is 3.14. The molecule has 2 N–H and O–H groups in total. The molecule has 0 aromatic heterocycles. The third-order valence-corrected chi connectivity index (χ3v) is 5.36. The molecule has 0 radical (unpaired) electrons. The van der Waals surface area contributed by atoms with Crippen molar-refractivity contribution < 1.29 is 24.5 Å². The Balaban J connectivity index is 1.70. The summed E-state index contributed by atoms with van der Waals surface area (Å²) in [5.74, 6) is 0.778. The fourth-order valence-electron chi connectivity index (χ4n) is 3.99. The van der Waals surface area contributed by atoms with Crippen LogP contribution in [0.1, 0.15) is 42.1 Å². The van der Waals surface area contributed by atoms with Crippen LogP contribution in [0.25, 0.3) is 0 Å². The highest BCUT2D eigenvalue weighted by molar-refractivity contribution is 6.11. The summed E-state index contributed by atoms with van der Waals surface area (Å²) in [6.07, 6.45) is 1.59. The summed E-state index contributed by atoms with van der Waals surface area (Å²) in [7, 11) is 1.55. The molecule has 6 nitrogen and oxygen atoms in total. The Kier molecular flexibility index (Phi) is 4.32. The Labute approximate surface area is 157 Å². The van der Waals surface area contributed by atoms with Crippen molar-refractivity contribution in [1.82, 2.24) is 0 Å². The van der Waals surface area contributed by atoms with Gasteiger partial charge in [-0.1, -0.05) is 18.2 Å². The molecule has 2 aliphatic rings. The van der Waals surface area contributed by atoms with Crippen molar-refractivity contribution in [2.45, 2.75) is 44.1 Å². The van der Waals surface area contributed by atoms with E-state index in [0.29, 0.717) is 41.2 Å². The number of nitrogens with zero attached hydrogens (tertiary/aromatic N) is 1. The van der Waals surface area contributed by atoms with Crippen LogP contribution in [0.15, 0.2) is 42.5 Å². The zero-order valence-electron chi connectivity index (χ0n) is 15.4. The number of fused-ring (bicyclic) bond motifs is 1. The molecule has 2 aromatic carbocycles. The van der Waals surface area contributed by atoms with Gasteiger partial charge in [0.2, 0.25) is 0 Å². The van der Waals surface area contributed by atoms with E-state index in [0.717, 1.165) is 6.42 Å². The lowest BCUT2D eigenvalue weighted by molar-refractivity contribution is 0.0554. The third-order valence-electron chi connectivity index (χ3n) is 5.36. The number of hydrogen-bond donors (Lipinski definition) is 2. The molecule has 1 aliphatic heterocycles. The minimum atomic E-state index is -1.46. The van der Waals surface area contributed by atoms with Crippen molar-refractivity contribution in [2.24, 2.45) is 0 Å². The van der Waals surface area contributed by atoms with Crippen molar-refractivity contribution in [3.63, 3.8) is 0 Å². The Hall–Kier alpha value is -2.57. The Morgan fingerprint density at radius 1 is 1.15 bits per heavy atom. The second-order valence-corrected chi connectivity index (χ2v) is 7.25. The maximum atomic E-state index is 12.9. The molecular weight excluding hydrogens is 346 g/mol. The number of ether oxygens (including phenoxy) is 2. The predicted octanol–water partition coefficient (Wildman–Crippen LogP) is 2.81. The molecule has 3 unspecified atom stereocenters. The van der Waals surface area contributed by atoms with Crippen LogP contribution in [0.3, 0.4) is 0 Å². The van der Waals surface area contributed by atoms with E-state index < -0.39 is 5.72 Å². The van der Waals surface area contributed by atoms with Crippen LogP contribution in [-0.4, -0.2) is 35.4 Å². The largest absolute Gasteiger partial charge is 0.493 e. The Morgan fingerprint density at radius 2 is 1.93 bits per heavy atom. The number of carbonyl (C=O) groups is 1. The number of methoxy groups -OCH3 is 1. The molecule has 1 fully saturated rings. The lowest BCUT2D eigenvalue weighted by Gasteiger charge is -2.31. The van der Waals surface area contributed by atoms with E-state index >= 15 is 0 Å². The van der Waals surface area contributed by atoms with Gasteiger partial charge in [0.05, 0.1) is 18.9 Å². The lowest BCUT2D eigenvalue weighted by atomic mass is 10.0. The summed E-state index contributed by atoms with van der Waals surface area (Å²) in [6.45, 7) is 1.61. The number of aliphatic hydroxyl groups is 2. The third kappa shape index (κ3) is 2.95. The van der Waals surface area contributed by atoms with Gasteiger partial charge in [0.25, 0.3) is 5.91 Å². The number of hydrogen-bond acceptors (Lipinski definition) is 5. The monoisotopic (exact) mass is 369 g/mol. The first-order valence-electron chi connectivity index (χ1n) is 9.11. The van der Waals surface area contributed by atoms with Gasteiger partial charge in [-0.15, -0.1) is 0 Å². The van der Waals surface area contributed by atoms with Gasteiger partial charge < -0.3 is 19.7 Å². The molecule has 1 heterocycles. The van der Waals surface area contributed by atoms with Crippen molar-refractivity contribution in [3.05, 3.63) is 53.6 Å². The van der Waals surface area contributed by atoms with Crippen LogP contribution in [-0.2, 0) is 5.72 Å². The first-order chi connectivity index (χ1) is 12.9. The van der Waals surface area contributed by atoms with Crippen molar-refractivity contribution in [2.75, 3.05) is 12.0 Å². The molecular formula is C21H23NO5. The molecule has 142 valence electrons. The van der Waals surface area contributed by atoms with Gasteiger partial charge in [0.1, 0.15) is 6.10 Å². The fourth-order valence-corrected chi connectivity index (χ4v) is 3.99. The summed E-state index contributed by atoms with van der Waals surface area (Å²) >= 11 is 0. The van der Waals surface area contributed by atoms with E-state index in [2.05, 4.69) is 0 Å². The van der Waals surface area contributed by atoms with Crippen LogP contribution in [0.4, 0.5) is 5.69 Å². The number of aliphatic hydroxyl groups excluding tert-OH is 1. The number of anilines is 1. The summed E-state index contributed by atoms with van der Waals surface area (Å²) in [4.78, 5) is 14.3. The molecule has 0 saturated heterocycles. The minimum absolute atomic E-state index is 0.101. The molecule has 1 aliphatic carbocycles. The quantitative estimate of drug-likeness (QED) is 0.866. The SMILES string of the molecule is COc1ccc(N2C(=O)c3ccccc3C2(C)O)cc1OC1CCC(O)C1. The van der Waals surface area contributed by atoms with E-state index in [1.165, 1.54) is 4.90 Å². The fraction of sp³-hybridized carbons (Fsp3) is 0.381. The zero-order valence-corrected chi connectivity index (χ0v) is 15.4. The number of benzene rings is 2. The molecule has 0 bridgehead atoms. The average molecular weight is 369 g/mol. The summed E-state index contributed by atoms with van der Waals surface area (Å²) in [5, 5.41) is 20.8. The lowest BCUT2D eigenvalue weighted by Crippen LogP contribution is -2.41. The van der Waals surface area contributed by atoms with Crippen molar-refractivity contribution in [1.29, 1.82) is 0 Å². The molecule has 6 heteroatoms. The number of rotatable bonds is 4. The van der Waals surface area contributed by atoms with E-state index in [1.54, 1.807) is 56.5 Å². The second-order valence-electron chi connectivity index (χ2n) is 7.25. The van der Waals surface area contributed by atoms with Crippen LogP contribution >= 0.6 is 0 Å². The molecule has 2 aromatic rings. The first-order valence-corrected chi connectivity index (χ1v) is 9.11. The number of amides is 1. The molecule has 0 spiro atoms. The van der Waals surface area contributed by atoms with E-state index in [-0.39, 0.29) is 18.1 Å². The van der Waals surface area contributed by atoms with E-state index in [4.69, 9.17) is 9.47 Å². The van der Waals surface area contributed by atoms with Crippen molar-refractivity contribution in [3.8, 4) is 11.5 Å². The van der Waals surface area contributed by atoms with Crippen molar-refractivity contribution >= 4 is 11.6 Å². The highest BCUT2D eigenvalue weighted by Crippen LogP contribution is 2.43. The van der Waals surface area contributed by atoms with Gasteiger partial charge in [0.15, 0.2) is 17.2 Å². The standard InChI is InChI=1S/C21H23NO5/c1-21(25)17-6-4-3-5-16(17)20(24)22(21)13-7-10-18(26-2)19(11-13)27-15-9-8-14(23)12-15/h3-7,10-11,14-15,23,25H,8-9,12H2,1-2H3. The second kappa shape index (κ2) is 6.55. The van der Waals surface area contributed by atoms with Gasteiger partial charge in [-0.2, -0.15) is 0 Å². The van der Waals surface area contributed by atoms with Gasteiger partial charge >= 0.3 is 0 Å². The van der Waals surface area contributed by atoms with Gasteiger partial charge in [-0.3, -0.25) is 9.69 Å². The van der Waals surface area contributed by atoms with Crippen LogP contribution in [0.2, 0.25) is 0 Å². The van der Waals surface area contributed by atoms with Crippen LogP contribution < -0.4 is 14.4 Å². The maximum absolute atomic E-state index is 12.9. The Morgan fingerprint density at radius 3 is 2.59 bits per heavy atom. The zero-order chi connectivity index (χ0) is 19.2. The molecule has 1 amide bonds. The van der Waals surface area contributed by atoms with Crippen LogP contribution in [0, 0.1) is 0 Å². The normalized spacial score (nSPS) is 27.0. The summed E-state index contributed by atoms with van der Waals surface area (Å²) in [6, 6.07) is 12.2. The van der Waals surface area contributed by atoms with Gasteiger partial charge in [-0.25, -0.2) is 0 Å². The first kappa shape index (κ1) is 17.8. The van der Waals surface area contributed by atoms with Crippen LogP contribution in [0.5, 0.6) is 11.5 Å². The van der Waals surface area contributed by atoms with Gasteiger partial charge in [-0.05, 0) is 38.0 Å². The Bertz CT molecular complexity index is 879. The smallest absolute Gasteiger partial charge is 0.261 e. The summed E-state index contributed by atoms with van der Waals surface area (Å²) in [5.41, 5.74) is 0.130.